The van der Waals surface area contributed by atoms with Crippen LogP contribution in [0.1, 0.15) is 57.2 Å². The van der Waals surface area contributed by atoms with E-state index < -0.39 is 23.6 Å². The van der Waals surface area contributed by atoms with Crippen molar-refractivity contribution in [1.29, 1.82) is 0 Å². The summed E-state index contributed by atoms with van der Waals surface area (Å²) in [6.07, 6.45) is -1.29. The maximum atomic E-state index is 15.8. The summed E-state index contributed by atoms with van der Waals surface area (Å²) in [7, 11) is 3.16. The first-order valence-corrected chi connectivity index (χ1v) is 11.2. The van der Waals surface area contributed by atoms with Gasteiger partial charge in [0, 0.05) is 20.6 Å². The first kappa shape index (κ1) is 25.7. The van der Waals surface area contributed by atoms with E-state index in [2.05, 4.69) is 15.3 Å². The van der Waals surface area contributed by atoms with E-state index >= 15 is 4.39 Å². The number of nitrogens with one attached hydrogen (secondary N) is 1. The molecule has 3 rings (SSSR count). The summed E-state index contributed by atoms with van der Waals surface area (Å²) in [5, 5.41) is 2.63. The minimum Gasteiger partial charge on any atom is -0.357 e. The lowest BCUT2D eigenvalue weighted by Gasteiger charge is -2.33. The highest BCUT2D eigenvalue weighted by molar-refractivity contribution is 5.84. The largest absolute Gasteiger partial charge is 0.416 e. The van der Waals surface area contributed by atoms with Crippen LogP contribution < -0.4 is 15.1 Å². The molecular formula is C24H31F4N5O. The van der Waals surface area contributed by atoms with Gasteiger partial charge in [0.05, 0.1) is 11.6 Å². The SMILES string of the molecule is CNC(=O)[C@@H](CC(C)(C)C)N(C)c1ncnc(N2CCCC2c2ccc(C(F)(F)F)cc2)c1F. The van der Waals surface area contributed by atoms with E-state index in [1.165, 1.54) is 30.4 Å². The fraction of sp³-hybridized carbons (Fsp3) is 0.542. The van der Waals surface area contributed by atoms with Crippen molar-refractivity contribution in [2.45, 2.75) is 58.3 Å². The smallest absolute Gasteiger partial charge is 0.357 e. The molecule has 0 bridgehead atoms. The quantitative estimate of drug-likeness (QED) is 0.591. The molecule has 2 atom stereocenters. The van der Waals surface area contributed by atoms with Gasteiger partial charge < -0.3 is 15.1 Å². The number of benzene rings is 1. The standard InChI is InChI=1S/C24H31F4N5O/c1-23(2,3)13-18(22(34)29-4)32(5)20-19(25)21(31-14-30-20)33-12-6-7-17(33)15-8-10-16(11-9-15)24(26,27)28/h8-11,14,17-18H,6-7,12-13H2,1-5H3,(H,29,34)/t17?,18-/m1/s1. The summed E-state index contributed by atoms with van der Waals surface area (Å²) in [5.41, 5.74) is -0.258. The summed E-state index contributed by atoms with van der Waals surface area (Å²) in [4.78, 5) is 24.2. The fourth-order valence-electron chi connectivity index (χ4n) is 4.36. The van der Waals surface area contributed by atoms with Crippen LogP contribution in [0, 0.1) is 11.2 Å². The number of carbonyl (C=O) groups excluding carboxylic acids is 1. The number of carbonyl (C=O) groups is 1. The van der Waals surface area contributed by atoms with Crippen LogP contribution in [0.2, 0.25) is 0 Å². The molecule has 2 aromatic rings. The summed E-state index contributed by atoms with van der Waals surface area (Å²) < 4.78 is 54.6. The van der Waals surface area contributed by atoms with Crippen molar-refractivity contribution in [1.82, 2.24) is 15.3 Å². The number of aromatic nitrogens is 2. The number of likely N-dealkylation sites (N-methyl/N-ethyl adjacent to an activating group) is 2. The molecule has 1 aromatic carbocycles. The Morgan fingerprint density at radius 1 is 1.21 bits per heavy atom. The summed E-state index contributed by atoms with van der Waals surface area (Å²) >= 11 is 0. The van der Waals surface area contributed by atoms with Crippen LogP contribution >= 0.6 is 0 Å². The zero-order chi connectivity index (χ0) is 25.3. The Morgan fingerprint density at radius 3 is 2.41 bits per heavy atom. The van der Waals surface area contributed by atoms with Gasteiger partial charge in [-0.1, -0.05) is 32.9 Å². The molecule has 1 fully saturated rings. The maximum absolute atomic E-state index is 15.8. The lowest BCUT2D eigenvalue weighted by molar-refractivity contribution is -0.137. The number of nitrogens with zero attached hydrogens (tertiary/aromatic N) is 4. The van der Waals surface area contributed by atoms with Crippen LogP contribution in [0.5, 0.6) is 0 Å². The van der Waals surface area contributed by atoms with E-state index in [0.29, 0.717) is 24.9 Å². The minimum absolute atomic E-state index is 0.000851. The van der Waals surface area contributed by atoms with Crippen molar-refractivity contribution >= 4 is 17.5 Å². The Morgan fingerprint density at radius 2 is 1.85 bits per heavy atom. The molecule has 1 saturated heterocycles. The molecule has 2 heterocycles. The van der Waals surface area contributed by atoms with E-state index in [9.17, 15) is 18.0 Å². The number of halogens is 4. The van der Waals surface area contributed by atoms with Gasteiger partial charge in [0.2, 0.25) is 11.7 Å². The van der Waals surface area contributed by atoms with Crippen molar-refractivity contribution in [3.63, 3.8) is 0 Å². The van der Waals surface area contributed by atoms with Crippen molar-refractivity contribution in [3.05, 3.63) is 47.5 Å². The number of anilines is 2. The van der Waals surface area contributed by atoms with Gasteiger partial charge in [-0.2, -0.15) is 17.6 Å². The average Bonchev–Trinajstić information content (AvgIpc) is 3.25. The van der Waals surface area contributed by atoms with Crippen LogP contribution in [-0.4, -0.2) is 42.6 Å². The fourth-order valence-corrected chi connectivity index (χ4v) is 4.36. The second-order valence-corrected chi connectivity index (χ2v) is 9.81. The lowest BCUT2D eigenvalue weighted by atomic mass is 9.87. The summed E-state index contributed by atoms with van der Waals surface area (Å²) in [6, 6.07) is 4.00. The van der Waals surface area contributed by atoms with Crippen molar-refractivity contribution in [2.24, 2.45) is 5.41 Å². The van der Waals surface area contributed by atoms with Crippen LogP contribution in [0.25, 0.3) is 0 Å². The molecule has 0 spiro atoms. The number of hydrogen-bond donors (Lipinski definition) is 1. The monoisotopic (exact) mass is 481 g/mol. The van der Waals surface area contributed by atoms with Crippen molar-refractivity contribution < 1.29 is 22.4 Å². The molecule has 0 radical (unpaired) electrons. The van der Waals surface area contributed by atoms with E-state index in [1.807, 2.05) is 20.8 Å². The highest BCUT2D eigenvalue weighted by Crippen LogP contribution is 2.39. The second-order valence-electron chi connectivity index (χ2n) is 9.81. The molecule has 1 aliphatic rings. The van der Waals surface area contributed by atoms with E-state index in [1.54, 1.807) is 11.9 Å². The molecule has 1 aliphatic heterocycles. The van der Waals surface area contributed by atoms with Crippen LogP contribution in [-0.2, 0) is 11.0 Å². The first-order chi connectivity index (χ1) is 15.8. The van der Waals surface area contributed by atoms with Gasteiger partial charge in [-0.25, -0.2) is 9.97 Å². The third-order valence-electron chi connectivity index (χ3n) is 6.06. The Labute approximate surface area is 197 Å². The zero-order valence-electron chi connectivity index (χ0n) is 20.1. The molecule has 0 aliphatic carbocycles. The van der Waals surface area contributed by atoms with Crippen molar-refractivity contribution in [2.75, 3.05) is 30.4 Å². The molecule has 1 amide bonds. The Kier molecular flexibility index (Phi) is 7.38. The van der Waals surface area contributed by atoms with Gasteiger partial charge in [-0.15, -0.1) is 0 Å². The van der Waals surface area contributed by atoms with Crippen LogP contribution in [0.3, 0.4) is 0 Å². The lowest BCUT2D eigenvalue weighted by Crippen LogP contribution is -2.47. The normalized spacial score (nSPS) is 17.6. The third kappa shape index (κ3) is 5.59. The summed E-state index contributed by atoms with van der Waals surface area (Å²) in [6.45, 7) is 6.50. The Bertz CT molecular complexity index is 1000. The Balaban J connectivity index is 1.93. The second kappa shape index (κ2) is 9.76. The molecule has 10 heteroatoms. The minimum atomic E-state index is -4.42. The molecule has 1 aromatic heterocycles. The van der Waals surface area contributed by atoms with Crippen molar-refractivity contribution in [3.8, 4) is 0 Å². The van der Waals surface area contributed by atoms with Gasteiger partial charge in [0.15, 0.2) is 11.6 Å². The van der Waals surface area contributed by atoms with Crippen LogP contribution in [0.15, 0.2) is 30.6 Å². The molecule has 1 unspecified atom stereocenters. The van der Waals surface area contributed by atoms with Gasteiger partial charge >= 0.3 is 6.18 Å². The molecule has 1 N–H and O–H groups in total. The average molecular weight is 482 g/mol. The predicted octanol–water partition coefficient (Wildman–Crippen LogP) is 4.96. The maximum Gasteiger partial charge on any atom is 0.416 e. The number of amides is 1. The number of hydrogen-bond acceptors (Lipinski definition) is 5. The predicted molar refractivity (Wildman–Crippen MR) is 123 cm³/mol. The molecule has 186 valence electrons. The van der Waals surface area contributed by atoms with Gasteiger partial charge in [0.1, 0.15) is 12.4 Å². The third-order valence-corrected chi connectivity index (χ3v) is 6.06. The summed E-state index contributed by atoms with van der Waals surface area (Å²) in [5.74, 6) is -0.834. The highest BCUT2D eigenvalue weighted by atomic mass is 19.4. The van der Waals surface area contributed by atoms with E-state index in [4.69, 9.17) is 0 Å². The van der Waals surface area contributed by atoms with Gasteiger partial charge in [-0.3, -0.25) is 4.79 Å². The van der Waals surface area contributed by atoms with Gasteiger partial charge in [0.25, 0.3) is 0 Å². The molecule has 6 nitrogen and oxygen atoms in total. The van der Waals surface area contributed by atoms with E-state index in [-0.39, 0.29) is 29.0 Å². The van der Waals surface area contributed by atoms with E-state index in [0.717, 1.165) is 18.6 Å². The number of rotatable bonds is 6. The first-order valence-electron chi connectivity index (χ1n) is 11.2. The van der Waals surface area contributed by atoms with Crippen LogP contribution in [0.4, 0.5) is 29.2 Å². The highest BCUT2D eigenvalue weighted by Gasteiger charge is 2.35. The number of alkyl halides is 3. The topological polar surface area (TPSA) is 61.4 Å². The van der Waals surface area contributed by atoms with Gasteiger partial charge in [-0.05, 0) is 42.4 Å². The Hall–Kier alpha value is -2.91. The molecule has 0 saturated carbocycles. The molecule has 34 heavy (non-hydrogen) atoms. The molecular weight excluding hydrogens is 450 g/mol. The zero-order valence-corrected chi connectivity index (χ0v) is 20.1.